The van der Waals surface area contributed by atoms with Gasteiger partial charge in [0, 0.05) is 38.1 Å². The summed E-state index contributed by atoms with van der Waals surface area (Å²) in [6.07, 6.45) is 4.31. The summed E-state index contributed by atoms with van der Waals surface area (Å²) in [5.74, 6) is -1.45. The summed E-state index contributed by atoms with van der Waals surface area (Å²) in [6, 6.07) is 12.2. The van der Waals surface area contributed by atoms with E-state index in [4.69, 9.17) is 0 Å². The first kappa shape index (κ1) is 25.5. The van der Waals surface area contributed by atoms with Crippen LogP contribution in [0, 0.1) is 11.7 Å². The first-order chi connectivity index (χ1) is 18.2. The second-order valence-electron chi connectivity index (χ2n) is 10.0. The second kappa shape index (κ2) is 10.3. The standard InChI is InChI=1S/C29H29FN4O4/c1-17-28(37)33(2)26-14-21(20-5-7-31-8-6-20)3-4-25(26)29(38)34(17)16-19-9-22(13-23(30)10-19)27(36)32-15-18-11-24(35)12-18/h3-10,13-14,17-18,24,35H,11-12,15-16H2,1-2H3,(H,32,36)/t17-,18?,24?/m1/s1. The minimum Gasteiger partial charge on any atom is -0.393 e. The number of fused-ring (bicyclic) bond motifs is 1. The molecule has 2 aliphatic rings. The van der Waals surface area contributed by atoms with Crippen LogP contribution in [0.5, 0.6) is 0 Å². The molecule has 0 saturated heterocycles. The molecule has 38 heavy (non-hydrogen) atoms. The summed E-state index contributed by atoms with van der Waals surface area (Å²) in [4.78, 5) is 46.6. The number of amides is 3. The maximum atomic E-state index is 14.5. The van der Waals surface area contributed by atoms with Crippen LogP contribution in [0.3, 0.4) is 0 Å². The maximum absolute atomic E-state index is 14.5. The highest BCUT2D eigenvalue weighted by Crippen LogP contribution is 2.32. The van der Waals surface area contributed by atoms with Gasteiger partial charge in [0.25, 0.3) is 11.8 Å². The van der Waals surface area contributed by atoms with Crippen LogP contribution >= 0.6 is 0 Å². The number of carbonyl (C=O) groups is 3. The van der Waals surface area contributed by atoms with Gasteiger partial charge in [0.1, 0.15) is 11.9 Å². The quantitative estimate of drug-likeness (QED) is 0.523. The second-order valence-corrected chi connectivity index (χ2v) is 10.0. The van der Waals surface area contributed by atoms with Gasteiger partial charge < -0.3 is 20.2 Å². The number of hydrogen-bond donors (Lipinski definition) is 2. The van der Waals surface area contributed by atoms with Crippen molar-refractivity contribution in [3.8, 4) is 11.1 Å². The molecule has 1 saturated carbocycles. The molecule has 2 aromatic carbocycles. The number of anilines is 1. The minimum absolute atomic E-state index is 0.0437. The third-order valence-corrected chi connectivity index (χ3v) is 7.35. The van der Waals surface area contributed by atoms with Crippen molar-refractivity contribution in [2.75, 3.05) is 18.5 Å². The SMILES string of the molecule is C[C@@H]1C(=O)N(C)c2cc(-c3ccncc3)ccc2C(=O)N1Cc1cc(F)cc(C(=O)NCC2CC(O)C2)c1. The van der Waals surface area contributed by atoms with Gasteiger partial charge in [0.05, 0.1) is 17.4 Å². The smallest absolute Gasteiger partial charge is 0.256 e. The number of aliphatic hydroxyl groups is 1. The predicted molar refractivity (Wildman–Crippen MR) is 140 cm³/mol. The van der Waals surface area contributed by atoms with E-state index < -0.39 is 17.8 Å². The molecule has 0 spiro atoms. The van der Waals surface area contributed by atoms with Crippen molar-refractivity contribution in [3.63, 3.8) is 0 Å². The summed E-state index contributed by atoms with van der Waals surface area (Å²) in [7, 11) is 1.64. The number of benzene rings is 2. The fraction of sp³-hybridized carbons (Fsp3) is 0.310. The number of aromatic nitrogens is 1. The Labute approximate surface area is 220 Å². The molecule has 1 aliphatic carbocycles. The summed E-state index contributed by atoms with van der Waals surface area (Å²) in [5.41, 5.74) is 3.15. The third-order valence-electron chi connectivity index (χ3n) is 7.35. The van der Waals surface area contributed by atoms with Crippen LogP contribution < -0.4 is 10.2 Å². The molecule has 3 aromatic rings. The third kappa shape index (κ3) is 5.02. The Kier molecular flexibility index (Phi) is 6.94. The monoisotopic (exact) mass is 516 g/mol. The van der Waals surface area contributed by atoms with E-state index in [9.17, 15) is 23.9 Å². The van der Waals surface area contributed by atoms with E-state index in [1.807, 2.05) is 24.3 Å². The van der Waals surface area contributed by atoms with Crippen molar-refractivity contribution in [1.29, 1.82) is 0 Å². The van der Waals surface area contributed by atoms with Crippen LogP contribution in [0.25, 0.3) is 11.1 Å². The Morgan fingerprint density at radius 3 is 2.53 bits per heavy atom. The van der Waals surface area contributed by atoms with Crippen LogP contribution in [0.15, 0.2) is 60.9 Å². The highest BCUT2D eigenvalue weighted by atomic mass is 19.1. The van der Waals surface area contributed by atoms with Crippen molar-refractivity contribution in [1.82, 2.24) is 15.2 Å². The number of pyridine rings is 1. The van der Waals surface area contributed by atoms with E-state index in [-0.39, 0.29) is 35.9 Å². The van der Waals surface area contributed by atoms with Crippen molar-refractivity contribution >= 4 is 23.4 Å². The molecule has 1 fully saturated rings. The summed E-state index contributed by atoms with van der Waals surface area (Å²) in [6.45, 7) is 2.01. The van der Waals surface area contributed by atoms with Gasteiger partial charge in [-0.15, -0.1) is 0 Å². The Balaban J connectivity index is 1.40. The molecule has 0 unspecified atom stereocenters. The Morgan fingerprint density at radius 2 is 1.82 bits per heavy atom. The van der Waals surface area contributed by atoms with Crippen LogP contribution in [0.2, 0.25) is 0 Å². The van der Waals surface area contributed by atoms with Gasteiger partial charge in [-0.3, -0.25) is 19.4 Å². The number of halogens is 1. The van der Waals surface area contributed by atoms with Crippen molar-refractivity contribution in [2.45, 2.75) is 38.5 Å². The van der Waals surface area contributed by atoms with E-state index in [0.717, 1.165) is 17.2 Å². The van der Waals surface area contributed by atoms with E-state index >= 15 is 0 Å². The zero-order chi connectivity index (χ0) is 27.0. The summed E-state index contributed by atoms with van der Waals surface area (Å²) in [5, 5.41) is 12.2. The molecule has 0 bridgehead atoms. The minimum atomic E-state index is -0.810. The van der Waals surface area contributed by atoms with E-state index in [2.05, 4.69) is 10.3 Å². The molecule has 0 radical (unpaired) electrons. The molecule has 1 aliphatic heterocycles. The molecule has 1 atom stereocenters. The number of likely N-dealkylation sites (N-methyl/N-ethyl adjacent to an activating group) is 1. The van der Waals surface area contributed by atoms with Crippen LogP contribution in [0.1, 0.15) is 46.0 Å². The van der Waals surface area contributed by atoms with Gasteiger partial charge >= 0.3 is 0 Å². The molecule has 2 N–H and O–H groups in total. The number of nitrogens with one attached hydrogen (secondary N) is 1. The van der Waals surface area contributed by atoms with Crippen LogP contribution in [-0.4, -0.2) is 58.5 Å². The lowest BCUT2D eigenvalue weighted by molar-refractivity contribution is -0.122. The first-order valence-electron chi connectivity index (χ1n) is 12.6. The molecule has 196 valence electrons. The molecule has 9 heteroatoms. The van der Waals surface area contributed by atoms with Crippen molar-refractivity contribution < 1.29 is 23.9 Å². The van der Waals surface area contributed by atoms with Crippen molar-refractivity contribution in [3.05, 3.63) is 83.4 Å². The van der Waals surface area contributed by atoms with Gasteiger partial charge in [-0.2, -0.15) is 0 Å². The molecule has 8 nitrogen and oxygen atoms in total. The fourth-order valence-electron chi connectivity index (χ4n) is 5.06. The largest absolute Gasteiger partial charge is 0.393 e. The summed E-state index contributed by atoms with van der Waals surface area (Å²) >= 11 is 0. The molecule has 2 heterocycles. The molecule has 1 aromatic heterocycles. The first-order valence-corrected chi connectivity index (χ1v) is 12.6. The zero-order valence-corrected chi connectivity index (χ0v) is 21.2. The van der Waals surface area contributed by atoms with Gasteiger partial charge in [-0.25, -0.2) is 4.39 Å². The number of nitrogens with zero attached hydrogens (tertiary/aromatic N) is 3. The average molecular weight is 517 g/mol. The molecular formula is C29H29FN4O4. The lowest BCUT2D eigenvalue weighted by atomic mass is 9.82. The van der Waals surface area contributed by atoms with E-state index in [0.29, 0.717) is 36.2 Å². The lowest BCUT2D eigenvalue weighted by Gasteiger charge is -2.31. The molecule has 3 amide bonds. The van der Waals surface area contributed by atoms with Gasteiger partial charge in [0.15, 0.2) is 0 Å². The zero-order valence-electron chi connectivity index (χ0n) is 21.2. The molecule has 5 rings (SSSR count). The Morgan fingerprint density at radius 1 is 1.08 bits per heavy atom. The highest BCUT2D eigenvalue weighted by Gasteiger charge is 2.36. The average Bonchev–Trinajstić information content (AvgIpc) is 2.96. The fourth-order valence-corrected chi connectivity index (χ4v) is 5.06. The number of aliphatic hydroxyl groups excluding tert-OH is 1. The van der Waals surface area contributed by atoms with E-state index in [1.54, 1.807) is 38.5 Å². The maximum Gasteiger partial charge on any atom is 0.256 e. The highest BCUT2D eigenvalue weighted by molar-refractivity contribution is 6.11. The van der Waals surface area contributed by atoms with Gasteiger partial charge in [-0.1, -0.05) is 6.07 Å². The van der Waals surface area contributed by atoms with Crippen molar-refractivity contribution in [2.24, 2.45) is 5.92 Å². The number of rotatable bonds is 6. The van der Waals surface area contributed by atoms with Crippen LogP contribution in [-0.2, 0) is 11.3 Å². The number of carbonyl (C=O) groups excluding carboxylic acids is 3. The predicted octanol–water partition coefficient (Wildman–Crippen LogP) is 3.40. The molecular weight excluding hydrogens is 487 g/mol. The van der Waals surface area contributed by atoms with E-state index in [1.165, 1.54) is 15.9 Å². The Bertz CT molecular complexity index is 1390. The summed E-state index contributed by atoms with van der Waals surface area (Å²) < 4.78 is 14.5. The lowest BCUT2D eigenvalue weighted by Crippen LogP contribution is -2.45. The number of hydrogen-bond acceptors (Lipinski definition) is 5. The van der Waals surface area contributed by atoms with Gasteiger partial charge in [0.2, 0.25) is 5.91 Å². The Hall–Kier alpha value is -4.11. The van der Waals surface area contributed by atoms with Crippen LogP contribution in [0.4, 0.5) is 10.1 Å². The topological polar surface area (TPSA) is 103 Å². The normalized spacial score (nSPS) is 21.0. The van der Waals surface area contributed by atoms with Gasteiger partial charge in [-0.05, 0) is 84.8 Å².